The predicted molar refractivity (Wildman–Crippen MR) is 124 cm³/mol. The Kier molecular flexibility index (Phi) is 6.17. The molecule has 0 spiro atoms. The highest BCUT2D eigenvalue weighted by molar-refractivity contribution is 9.10. The lowest BCUT2D eigenvalue weighted by atomic mass is 10.2. The first kappa shape index (κ1) is 19.5. The highest BCUT2D eigenvalue weighted by Crippen LogP contribution is 2.33. The Balaban J connectivity index is 1.52. The van der Waals surface area contributed by atoms with E-state index in [1.807, 2.05) is 66.7 Å². The summed E-state index contributed by atoms with van der Waals surface area (Å²) in [7, 11) is 0. The zero-order valence-corrected chi connectivity index (χ0v) is 17.8. The van der Waals surface area contributed by atoms with Crippen LogP contribution in [0.25, 0.3) is 0 Å². The predicted octanol–water partition coefficient (Wildman–Crippen LogP) is 5.77. The van der Waals surface area contributed by atoms with Gasteiger partial charge in [-0.2, -0.15) is 0 Å². The van der Waals surface area contributed by atoms with Crippen molar-refractivity contribution in [1.29, 1.82) is 0 Å². The molecular formula is C22H17BrN4OS. The first-order valence-corrected chi connectivity index (χ1v) is 10.8. The van der Waals surface area contributed by atoms with Gasteiger partial charge in [0, 0.05) is 17.1 Å². The number of nitrogens with one attached hydrogen (secondary N) is 1. The number of hydrogen-bond acceptors (Lipinski definition) is 5. The number of carbonyl (C=O) groups is 1. The summed E-state index contributed by atoms with van der Waals surface area (Å²) < 4.78 is 0.851. The number of aliphatic imine (C=N–C) groups is 2. The van der Waals surface area contributed by atoms with Crippen LogP contribution >= 0.6 is 27.7 Å². The van der Waals surface area contributed by atoms with Crippen LogP contribution in [0, 0.1) is 0 Å². The lowest BCUT2D eigenvalue weighted by Gasteiger charge is -2.09. The Bertz CT molecular complexity index is 1100. The molecule has 0 bridgehead atoms. The van der Waals surface area contributed by atoms with Crippen molar-refractivity contribution in [2.24, 2.45) is 9.98 Å². The molecule has 0 unspecified atom stereocenters. The molecule has 0 radical (unpaired) electrons. The lowest BCUT2D eigenvalue weighted by molar-refractivity contribution is -0.113. The van der Waals surface area contributed by atoms with Gasteiger partial charge >= 0.3 is 0 Å². The minimum Gasteiger partial charge on any atom is -0.324 e. The summed E-state index contributed by atoms with van der Waals surface area (Å²) in [6.45, 7) is 0. The van der Waals surface area contributed by atoms with Crippen molar-refractivity contribution in [1.82, 2.24) is 4.98 Å². The Morgan fingerprint density at radius 3 is 2.45 bits per heavy atom. The van der Waals surface area contributed by atoms with Gasteiger partial charge in [-0.25, -0.2) is 9.98 Å². The van der Waals surface area contributed by atoms with E-state index in [-0.39, 0.29) is 11.7 Å². The number of carbonyl (C=O) groups excluding carboxylic acids is 1. The van der Waals surface area contributed by atoms with Gasteiger partial charge in [-0.15, -0.1) is 11.8 Å². The molecule has 3 aromatic rings. The number of thioether (sulfide) groups is 1. The number of hydrogen-bond donors (Lipinski definition) is 1. The minimum atomic E-state index is -0.0848. The molecule has 2 aromatic carbocycles. The standard InChI is InChI=1S/C22H17BrN4OS/c23-15-7-1-2-8-16(15)26-21(28)14-29-22-13-20(17-9-5-6-12-24-17)25-18-10-3-4-11-19(18)27-22/h1-12H,13-14H2,(H,26,28). The Hall–Kier alpha value is -2.77. The van der Waals surface area contributed by atoms with Crippen molar-refractivity contribution in [3.05, 3.63) is 83.1 Å². The van der Waals surface area contributed by atoms with Gasteiger partial charge in [0.1, 0.15) is 0 Å². The summed E-state index contributed by atoms with van der Waals surface area (Å²) in [5.41, 5.74) is 4.01. The number of halogens is 1. The molecular weight excluding hydrogens is 448 g/mol. The highest BCUT2D eigenvalue weighted by Gasteiger charge is 2.17. The van der Waals surface area contributed by atoms with Crippen molar-refractivity contribution in [3.63, 3.8) is 0 Å². The SMILES string of the molecule is O=C(CSC1=Nc2ccccc2N=C(c2ccccn2)C1)Nc1ccccc1Br. The molecule has 1 aliphatic rings. The molecule has 0 saturated carbocycles. The van der Waals surface area contributed by atoms with Crippen molar-refractivity contribution < 1.29 is 4.79 Å². The fourth-order valence-corrected chi connectivity index (χ4v) is 3.97. The molecule has 0 atom stereocenters. The maximum absolute atomic E-state index is 12.4. The van der Waals surface area contributed by atoms with E-state index in [1.54, 1.807) is 6.20 Å². The fraction of sp³-hybridized carbons (Fsp3) is 0.0909. The van der Waals surface area contributed by atoms with Crippen molar-refractivity contribution in [3.8, 4) is 0 Å². The smallest absolute Gasteiger partial charge is 0.234 e. The molecule has 1 aromatic heterocycles. The average molecular weight is 465 g/mol. The van der Waals surface area contributed by atoms with E-state index < -0.39 is 0 Å². The van der Waals surface area contributed by atoms with Crippen LogP contribution in [0.4, 0.5) is 17.1 Å². The number of aromatic nitrogens is 1. The Labute approximate surface area is 181 Å². The first-order chi connectivity index (χ1) is 14.2. The van der Waals surface area contributed by atoms with Gasteiger partial charge < -0.3 is 5.32 Å². The van der Waals surface area contributed by atoms with Gasteiger partial charge in [0.2, 0.25) is 5.91 Å². The maximum Gasteiger partial charge on any atom is 0.234 e. The van der Waals surface area contributed by atoms with Gasteiger partial charge in [0.05, 0.1) is 39.3 Å². The average Bonchev–Trinajstić information content (AvgIpc) is 2.94. The second-order valence-corrected chi connectivity index (χ2v) is 8.16. The van der Waals surface area contributed by atoms with Crippen LogP contribution in [0.2, 0.25) is 0 Å². The van der Waals surface area contributed by atoms with Gasteiger partial charge in [0.25, 0.3) is 0 Å². The van der Waals surface area contributed by atoms with E-state index in [4.69, 9.17) is 9.98 Å². The summed E-state index contributed by atoms with van der Waals surface area (Å²) >= 11 is 4.87. The molecule has 1 amide bonds. The van der Waals surface area contributed by atoms with E-state index in [1.165, 1.54) is 11.8 Å². The number of nitrogens with zero attached hydrogens (tertiary/aromatic N) is 3. The quantitative estimate of drug-likeness (QED) is 0.532. The Morgan fingerprint density at radius 1 is 0.966 bits per heavy atom. The van der Waals surface area contributed by atoms with Crippen molar-refractivity contribution >= 4 is 61.4 Å². The minimum absolute atomic E-state index is 0.0848. The highest BCUT2D eigenvalue weighted by atomic mass is 79.9. The number of pyridine rings is 1. The molecule has 0 saturated heterocycles. The summed E-state index contributed by atoms with van der Waals surface area (Å²) in [5, 5.41) is 3.76. The van der Waals surface area contributed by atoms with Crippen LogP contribution in [0.1, 0.15) is 12.1 Å². The summed E-state index contributed by atoms with van der Waals surface area (Å²) in [6.07, 6.45) is 2.28. The monoisotopic (exact) mass is 464 g/mol. The number of anilines is 1. The summed E-state index contributed by atoms with van der Waals surface area (Å²) in [6, 6.07) is 21.1. The van der Waals surface area contributed by atoms with Crippen LogP contribution in [-0.2, 0) is 4.79 Å². The van der Waals surface area contributed by atoms with Crippen molar-refractivity contribution in [2.45, 2.75) is 6.42 Å². The van der Waals surface area contributed by atoms with E-state index in [0.29, 0.717) is 6.42 Å². The third-order valence-corrected chi connectivity index (χ3v) is 5.85. The van der Waals surface area contributed by atoms with E-state index in [9.17, 15) is 4.79 Å². The number of rotatable bonds is 4. The largest absolute Gasteiger partial charge is 0.324 e. The van der Waals surface area contributed by atoms with Crippen LogP contribution in [-0.4, -0.2) is 27.4 Å². The van der Waals surface area contributed by atoms with Gasteiger partial charge in [0.15, 0.2) is 0 Å². The molecule has 0 fully saturated rings. The van der Waals surface area contributed by atoms with E-state index in [2.05, 4.69) is 26.2 Å². The summed E-state index contributed by atoms with van der Waals surface area (Å²) in [5.74, 6) is 0.177. The molecule has 1 N–H and O–H groups in total. The summed E-state index contributed by atoms with van der Waals surface area (Å²) in [4.78, 5) is 26.4. The van der Waals surface area contributed by atoms with E-state index >= 15 is 0 Å². The second-order valence-electron chi connectivity index (χ2n) is 6.26. The number of fused-ring (bicyclic) bond motifs is 1. The first-order valence-electron chi connectivity index (χ1n) is 9.02. The van der Waals surface area contributed by atoms with Crippen LogP contribution in [0.15, 0.2) is 87.4 Å². The van der Waals surface area contributed by atoms with Crippen LogP contribution in [0.5, 0.6) is 0 Å². The number of amides is 1. The molecule has 29 heavy (non-hydrogen) atoms. The molecule has 5 nitrogen and oxygen atoms in total. The third-order valence-electron chi connectivity index (χ3n) is 4.18. The molecule has 0 aliphatic carbocycles. The number of para-hydroxylation sites is 3. The second kappa shape index (κ2) is 9.15. The molecule has 144 valence electrons. The molecule has 2 heterocycles. The van der Waals surface area contributed by atoms with Crippen LogP contribution < -0.4 is 5.32 Å². The molecule has 4 rings (SSSR count). The Morgan fingerprint density at radius 2 is 1.69 bits per heavy atom. The van der Waals surface area contributed by atoms with Gasteiger partial charge in [-0.05, 0) is 52.3 Å². The normalized spacial score (nSPS) is 13.0. The van der Waals surface area contributed by atoms with Crippen LogP contribution in [0.3, 0.4) is 0 Å². The maximum atomic E-state index is 12.4. The fourth-order valence-electron chi connectivity index (χ4n) is 2.82. The van der Waals surface area contributed by atoms with Gasteiger partial charge in [-0.3, -0.25) is 9.78 Å². The number of benzene rings is 2. The zero-order valence-electron chi connectivity index (χ0n) is 15.4. The zero-order chi connectivity index (χ0) is 20.1. The van der Waals surface area contributed by atoms with E-state index in [0.717, 1.165) is 38.0 Å². The van der Waals surface area contributed by atoms with Gasteiger partial charge in [-0.1, -0.05) is 30.3 Å². The molecule has 7 heteroatoms. The molecule has 1 aliphatic heterocycles. The topological polar surface area (TPSA) is 66.7 Å². The van der Waals surface area contributed by atoms with Crippen molar-refractivity contribution in [2.75, 3.05) is 11.1 Å². The lowest BCUT2D eigenvalue weighted by Crippen LogP contribution is -2.16. The third kappa shape index (κ3) is 4.99.